The summed E-state index contributed by atoms with van der Waals surface area (Å²) in [6.07, 6.45) is 5.65. The van der Waals surface area contributed by atoms with E-state index in [1.165, 1.54) is 12.7 Å². The summed E-state index contributed by atoms with van der Waals surface area (Å²) >= 11 is 0. The Balaban J connectivity index is 1.54. The van der Waals surface area contributed by atoms with Crippen LogP contribution in [0.1, 0.15) is 82.2 Å². The van der Waals surface area contributed by atoms with Crippen molar-refractivity contribution in [2.75, 3.05) is 20.2 Å². The standard InChI is InChI=1S/C34H47N3O4/c1-7-8-13-31(38)37-16-14-25(15-17-37)24(5)28-19-26-11-9-10-12-27(26)32(23(4)22(28)3)34(40)35-20-29-30(41-6)18-21(2)36-33(29)39/h9-12,18,22,24-25,28H,7-8,13-17,19-20H2,1-6H3,(H,35,40)(H,36,39)/t22?,24-,28?/m1/s1. The van der Waals surface area contributed by atoms with Gasteiger partial charge in [0.1, 0.15) is 5.75 Å². The number of carbonyl (C=O) groups is 2. The Morgan fingerprint density at radius 2 is 1.88 bits per heavy atom. The number of likely N-dealkylation sites (tertiary alicyclic amines) is 1. The Labute approximate surface area is 244 Å². The zero-order valence-corrected chi connectivity index (χ0v) is 25.6. The lowest BCUT2D eigenvalue weighted by Crippen LogP contribution is -2.41. The molecule has 2 aliphatic rings. The van der Waals surface area contributed by atoms with E-state index >= 15 is 0 Å². The van der Waals surface area contributed by atoms with Gasteiger partial charge in [0.25, 0.3) is 11.5 Å². The molecule has 0 saturated carbocycles. The number of pyridine rings is 1. The van der Waals surface area contributed by atoms with Gasteiger partial charge in [0, 0.05) is 30.8 Å². The number of hydrogen-bond donors (Lipinski definition) is 2. The lowest BCUT2D eigenvalue weighted by atomic mass is 9.70. The number of H-pyrrole nitrogens is 1. The first kappa shape index (κ1) is 30.6. The van der Waals surface area contributed by atoms with E-state index in [2.05, 4.69) is 55.0 Å². The number of carbonyl (C=O) groups excluding carboxylic acids is 2. The number of aromatic nitrogens is 1. The van der Waals surface area contributed by atoms with Crippen LogP contribution in [0, 0.1) is 30.6 Å². The highest BCUT2D eigenvalue weighted by molar-refractivity contribution is 6.21. The van der Waals surface area contributed by atoms with Crippen LogP contribution in [0.4, 0.5) is 0 Å². The first-order chi connectivity index (χ1) is 19.7. The van der Waals surface area contributed by atoms with Crippen molar-refractivity contribution in [1.82, 2.24) is 15.2 Å². The van der Waals surface area contributed by atoms with Gasteiger partial charge < -0.3 is 19.9 Å². The number of hydrogen-bond acceptors (Lipinski definition) is 4. The first-order valence-corrected chi connectivity index (χ1v) is 15.3. The predicted octanol–water partition coefficient (Wildman–Crippen LogP) is 5.66. The van der Waals surface area contributed by atoms with Crippen molar-refractivity contribution in [3.8, 4) is 5.75 Å². The van der Waals surface area contributed by atoms with E-state index in [4.69, 9.17) is 4.74 Å². The number of amides is 2. The van der Waals surface area contributed by atoms with Gasteiger partial charge in [-0.2, -0.15) is 0 Å². The topological polar surface area (TPSA) is 91.5 Å². The Morgan fingerprint density at radius 3 is 2.56 bits per heavy atom. The monoisotopic (exact) mass is 561 g/mol. The van der Waals surface area contributed by atoms with Gasteiger partial charge in [-0.15, -0.1) is 0 Å². The molecule has 2 aromatic rings. The fourth-order valence-electron chi connectivity index (χ4n) is 6.88. The van der Waals surface area contributed by atoms with E-state index < -0.39 is 0 Å². The number of allylic oxidation sites excluding steroid dienone is 1. The third-order valence-electron chi connectivity index (χ3n) is 9.62. The molecule has 1 aromatic carbocycles. The lowest BCUT2D eigenvalue weighted by Gasteiger charge is -2.40. The Hall–Kier alpha value is -3.35. The average Bonchev–Trinajstić information content (AvgIpc) is 3.08. The second kappa shape index (κ2) is 13.5. The maximum atomic E-state index is 13.8. The summed E-state index contributed by atoms with van der Waals surface area (Å²) < 4.78 is 5.43. The molecule has 1 aliphatic carbocycles. The molecule has 1 saturated heterocycles. The van der Waals surface area contributed by atoms with Gasteiger partial charge in [-0.1, -0.05) is 57.0 Å². The van der Waals surface area contributed by atoms with E-state index in [1.807, 2.05) is 12.1 Å². The third kappa shape index (κ3) is 6.77. The summed E-state index contributed by atoms with van der Waals surface area (Å²) in [5, 5.41) is 3.03. The normalized spacial score (nSPS) is 20.3. The number of benzene rings is 1. The van der Waals surface area contributed by atoms with Gasteiger partial charge in [0.05, 0.1) is 19.2 Å². The number of methoxy groups -OCH3 is 1. The van der Waals surface area contributed by atoms with E-state index in [0.717, 1.165) is 56.3 Å². The molecule has 2 unspecified atom stereocenters. The van der Waals surface area contributed by atoms with Crippen LogP contribution >= 0.6 is 0 Å². The van der Waals surface area contributed by atoms with Crippen molar-refractivity contribution in [1.29, 1.82) is 0 Å². The summed E-state index contributed by atoms with van der Waals surface area (Å²) in [4.78, 5) is 43.9. The molecule has 7 heteroatoms. The molecule has 1 aliphatic heterocycles. The molecular weight excluding hydrogens is 514 g/mol. The van der Waals surface area contributed by atoms with Crippen molar-refractivity contribution in [3.63, 3.8) is 0 Å². The molecule has 41 heavy (non-hydrogen) atoms. The van der Waals surface area contributed by atoms with Gasteiger partial charge in [0.2, 0.25) is 5.91 Å². The molecule has 7 nitrogen and oxygen atoms in total. The lowest BCUT2D eigenvalue weighted by molar-refractivity contribution is -0.133. The summed E-state index contributed by atoms with van der Waals surface area (Å²) in [5.74, 6) is 2.20. The fourth-order valence-corrected chi connectivity index (χ4v) is 6.88. The van der Waals surface area contributed by atoms with Gasteiger partial charge in [-0.05, 0) is 80.4 Å². The number of ether oxygens (including phenoxy) is 1. The minimum atomic E-state index is -0.255. The molecule has 2 heterocycles. The number of aryl methyl sites for hydroxylation is 1. The minimum absolute atomic E-state index is 0.0837. The van der Waals surface area contributed by atoms with Gasteiger partial charge in [-0.25, -0.2) is 0 Å². The van der Waals surface area contributed by atoms with Crippen LogP contribution in [0.2, 0.25) is 0 Å². The van der Waals surface area contributed by atoms with Crippen molar-refractivity contribution >= 4 is 17.4 Å². The van der Waals surface area contributed by atoms with Crippen LogP contribution in [-0.4, -0.2) is 41.9 Å². The highest BCUT2D eigenvalue weighted by atomic mass is 16.5. The molecule has 222 valence electrons. The number of rotatable bonds is 9. The van der Waals surface area contributed by atoms with E-state index in [0.29, 0.717) is 52.7 Å². The van der Waals surface area contributed by atoms with E-state index in [9.17, 15) is 14.4 Å². The number of nitrogens with zero attached hydrogens (tertiary/aromatic N) is 1. The summed E-state index contributed by atoms with van der Waals surface area (Å²) in [7, 11) is 1.53. The molecule has 3 atom stereocenters. The highest BCUT2D eigenvalue weighted by Gasteiger charge is 2.37. The number of nitrogens with one attached hydrogen (secondary N) is 2. The predicted molar refractivity (Wildman–Crippen MR) is 164 cm³/mol. The third-order valence-corrected chi connectivity index (χ3v) is 9.62. The zero-order chi connectivity index (χ0) is 29.7. The average molecular weight is 562 g/mol. The van der Waals surface area contributed by atoms with Crippen LogP contribution in [-0.2, 0) is 22.6 Å². The summed E-state index contributed by atoms with van der Waals surface area (Å²) in [6.45, 7) is 12.4. The molecular formula is C34H47N3O4. The Kier molecular flexibility index (Phi) is 10.1. The van der Waals surface area contributed by atoms with Crippen molar-refractivity contribution in [2.24, 2.45) is 23.7 Å². The maximum Gasteiger partial charge on any atom is 0.256 e. The van der Waals surface area contributed by atoms with Crippen LogP contribution in [0.15, 0.2) is 40.7 Å². The quantitative estimate of drug-likeness (QED) is 0.414. The second-order valence-corrected chi connectivity index (χ2v) is 12.1. The molecule has 2 N–H and O–H groups in total. The van der Waals surface area contributed by atoms with Crippen LogP contribution < -0.4 is 15.6 Å². The second-order valence-electron chi connectivity index (χ2n) is 12.1. The number of unbranched alkanes of at least 4 members (excludes halogenated alkanes) is 1. The van der Waals surface area contributed by atoms with Gasteiger partial charge >= 0.3 is 0 Å². The minimum Gasteiger partial charge on any atom is -0.496 e. The zero-order valence-electron chi connectivity index (χ0n) is 25.6. The van der Waals surface area contributed by atoms with E-state index in [-0.39, 0.29) is 23.9 Å². The van der Waals surface area contributed by atoms with Crippen molar-refractivity contribution in [3.05, 3.63) is 68.6 Å². The first-order valence-electron chi connectivity index (χ1n) is 15.3. The summed E-state index contributed by atoms with van der Waals surface area (Å²) in [5.41, 5.74) is 4.82. The van der Waals surface area contributed by atoms with Crippen molar-refractivity contribution < 1.29 is 14.3 Å². The van der Waals surface area contributed by atoms with Gasteiger partial charge in [0.15, 0.2) is 0 Å². The number of aromatic amines is 1. The molecule has 2 amide bonds. The molecule has 1 aromatic heterocycles. The van der Waals surface area contributed by atoms with E-state index in [1.54, 1.807) is 13.0 Å². The highest BCUT2D eigenvalue weighted by Crippen LogP contribution is 2.43. The molecule has 0 bridgehead atoms. The number of piperidine rings is 1. The van der Waals surface area contributed by atoms with Crippen LogP contribution in [0.5, 0.6) is 5.75 Å². The molecule has 0 spiro atoms. The smallest absolute Gasteiger partial charge is 0.256 e. The molecule has 1 fully saturated rings. The molecule has 0 radical (unpaired) electrons. The number of fused-ring (bicyclic) bond motifs is 1. The molecule has 4 rings (SSSR count). The largest absolute Gasteiger partial charge is 0.496 e. The Bertz CT molecular complexity index is 1340. The SMILES string of the molecule is CCCCC(=O)N1CCC([C@@H](C)C2Cc3ccccc3C(C(=O)NCc3c(OC)cc(C)[nH]c3=O)=C(C)C2C)CC1. The summed E-state index contributed by atoms with van der Waals surface area (Å²) in [6, 6.07) is 10.0. The van der Waals surface area contributed by atoms with Gasteiger partial charge in [-0.3, -0.25) is 14.4 Å². The fraction of sp³-hybridized carbons (Fsp3) is 0.559. The van der Waals surface area contributed by atoms with Crippen LogP contribution in [0.3, 0.4) is 0 Å². The Morgan fingerprint density at radius 1 is 1.17 bits per heavy atom. The van der Waals surface area contributed by atoms with Crippen LogP contribution in [0.25, 0.3) is 5.57 Å². The maximum absolute atomic E-state index is 13.8. The van der Waals surface area contributed by atoms with Crippen molar-refractivity contribution in [2.45, 2.75) is 79.7 Å².